The van der Waals surface area contributed by atoms with E-state index in [1.165, 1.54) is 0 Å². The van der Waals surface area contributed by atoms with Gasteiger partial charge in [0.25, 0.3) is 0 Å². The number of hydrogen-bond donors (Lipinski definition) is 12. The molecule has 44 heavy (non-hydrogen) atoms. The van der Waals surface area contributed by atoms with Crippen LogP contribution in [0.3, 0.4) is 0 Å². The Bertz CT molecular complexity index is 859. The van der Waals surface area contributed by atoms with Gasteiger partial charge in [-0.05, 0) is 19.4 Å². The number of hydrogen-bond acceptors (Lipinski definition) is 18. The first kappa shape index (κ1) is 37.2. The molecule has 258 valence electrons. The number of carbonyl (C=O) groups is 1. The molecule has 0 spiro atoms. The molecule has 0 aromatic heterocycles. The molecule has 1 amide bonds. The average Bonchev–Trinajstić information content (AvgIpc) is 3.01. The summed E-state index contributed by atoms with van der Waals surface area (Å²) in [5, 5.41) is 105. The Balaban J connectivity index is 1.77. The molecule has 3 rings (SSSR count). The molecule has 3 heterocycles. The van der Waals surface area contributed by atoms with Crippen molar-refractivity contribution in [1.82, 2.24) is 5.32 Å². The highest BCUT2D eigenvalue weighted by molar-refractivity contribution is 5.75. The Morgan fingerprint density at radius 2 is 1.11 bits per heavy atom. The topological polar surface area (TPSA) is 313 Å². The fraction of sp³-hybridized carbons (Fsp3) is 0.960. The van der Waals surface area contributed by atoms with E-state index in [4.69, 9.17) is 34.2 Å². The average molecular weight is 647 g/mol. The van der Waals surface area contributed by atoms with Crippen LogP contribution in [0, 0.1) is 0 Å². The number of ether oxygens (including phenoxy) is 6. The fourth-order valence-corrected chi connectivity index (χ4v) is 5.02. The summed E-state index contributed by atoms with van der Waals surface area (Å²) in [5.41, 5.74) is 5.42. The van der Waals surface area contributed by atoms with Crippen LogP contribution in [0.4, 0.5) is 0 Å². The summed E-state index contributed by atoms with van der Waals surface area (Å²) < 4.78 is 33.6. The SMILES string of the molecule is NCCCCC(=O)NCCO[C@H]1OC(CO)[C@@H](O)C(O)C1O[C@H]1OC(CO)[C@@H](O)C(O)C1O[C@@H]1O[C@H](CO)[C@@H](O)C(O)C1O. The zero-order valence-corrected chi connectivity index (χ0v) is 23.9. The van der Waals surface area contributed by atoms with E-state index in [0.29, 0.717) is 19.4 Å². The maximum Gasteiger partial charge on any atom is 0.220 e. The summed E-state index contributed by atoms with van der Waals surface area (Å²) in [7, 11) is 0. The number of aliphatic hydroxyl groups excluding tert-OH is 10. The Kier molecular flexibility index (Phi) is 14.9. The number of amides is 1. The second kappa shape index (κ2) is 17.6. The number of unbranched alkanes of at least 4 members (excludes halogenated alkanes) is 1. The lowest BCUT2D eigenvalue weighted by atomic mass is 9.96. The minimum absolute atomic E-state index is 0.0107. The lowest BCUT2D eigenvalue weighted by Gasteiger charge is -2.48. The highest BCUT2D eigenvalue weighted by Crippen LogP contribution is 2.33. The highest BCUT2D eigenvalue weighted by Gasteiger charge is 2.54. The van der Waals surface area contributed by atoms with Crippen LogP contribution >= 0.6 is 0 Å². The molecule has 3 fully saturated rings. The smallest absolute Gasteiger partial charge is 0.220 e. The lowest BCUT2D eigenvalue weighted by Crippen LogP contribution is -2.67. The first-order valence-electron chi connectivity index (χ1n) is 14.4. The molecule has 3 saturated heterocycles. The number of nitrogens with one attached hydrogen (secondary N) is 1. The Labute approximate surface area is 252 Å². The van der Waals surface area contributed by atoms with E-state index in [0.717, 1.165) is 0 Å². The third kappa shape index (κ3) is 8.98. The van der Waals surface area contributed by atoms with Crippen LogP contribution in [0.2, 0.25) is 0 Å². The van der Waals surface area contributed by atoms with Crippen molar-refractivity contribution in [1.29, 1.82) is 0 Å². The van der Waals surface area contributed by atoms with Crippen LogP contribution < -0.4 is 11.1 Å². The van der Waals surface area contributed by atoms with Gasteiger partial charge in [-0.2, -0.15) is 0 Å². The fourth-order valence-electron chi connectivity index (χ4n) is 5.02. The van der Waals surface area contributed by atoms with Crippen molar-refractivity contribution in [3.8, 4) is 0 Å². The molecular formula is C25H46N2O17. The van der Waals surface area contributed by atoms with Crippen molar-refractivity contribution in [3.05, 3.63) is 0 Å². The predicted molar refractivity (Wildman–Crippen MR) is 141 cm³/mol. The summed E-state index contributed by atoms with van der Waals surface area (Å²) in [4.78, 5) is 12.0. The molecule has 0 aromatic rings. The monoisotopic (exact) mass is 646 g/mol. The second-order valence-electron chi connectivity index (χ2n) is 10.8. The molecule has 19 heteroatoms. The lowest BCUT2D eigenvalue weighted by molar-refractivity contribution is -0.393. The molecule has 0 bridgehead atoms. The van der Waals surface area contributed by atoms with Gasteiger partial charge in [-0.25, -0.2) is 0 Å². The Morgan fingerprint density at radius 1 is 0.636 bits per heavy atom. The highest BCUT2D eigenvalue weighted by atomic mass is 16.8. The molecule has 0 radical (unpaired) electrons. The Morgan fingerprint density at radius 3 is 1.66 bits per heavy atom. The molecular weight excluding hydrogens is 600 g/mol. The van der Waals surface area contributed by atoms with Gasteiger partial charge in [0.1, 0.15) is 73.2 Å². The van der Waals surface area contributed by atoms with E-state index in [1.807, 2.05) is 0 Å². The minimum atomic E-state index is -1.91. The maximum atomic E-state index is 12.0. The third-order valence-corrected chi connectivity index (χ3v) is 7.64. The molecule has 3 aliphatic heterocycles. The quantitative estimate of drug-likeness (QED) is 0.0735. The summed E-state index contributed by atoms with van der Waals surface area (Å²) in [6, 6.07) is 0. The molecule has 0 aliphatic carbocycles. The molecule has 8 unspecified atom stereocenters. The second-order valence-corrected chi connectivity index (χ2v) is 10.8. The van der Waals surface area contributed by atoms with Gasteiger partial charge in [0.05, 0.1) is 26.4 Å². The zero-order valence-electron chi connectivity index (χ0n) is 23.9. The van der Waals surface area contributed by atoms with Gasteiger partial charge in [0.15, 0.2) is 18.9 Å². The van der Waals surface area contributed by atoms with Crippen molar-refractivity contribution in [3.63, 3.8) is 0 Å². The van der Waals surface area contributed by atoms with E-state index in [9.17, 15) is 55.9 Å². The largest absolute Gasteiger partial charge is 0.394 e. The number of nitrogens with two attached hydrogens (primary N) is 1. The van der Waals surface area contributed by atoms with Gasteiger partial charge in [-0.1, -0.05) is 0 Å². The first-order chi connectivity index (χ1) is 21.0. The van der Waals surface area contributed by atoms with Gasteiger partial charge in [0.2, 0.25) is 5.91 Å². The summed E-state index contributed by atoms with van der Waals surface area (Å²) >= 11 is 0. The normalized spacial score (nSPS) is 43.1. The third-order valence-electron chi connectivity index (χ3n) is 7.64. The van der Waals surface area contributed by atoms with Crippen LogP contribution in [-0.2, 0) is 33.2 Å². The zero-order chi connectivity index (χ0) is 32.6. The summed E-state index contributed by atoms with van der Waals surface area (Å²) in [5.74, 6) is -0.255. The van der Waals surface area contributed by atoms with Gasteiger partial charge in [-0.15, -0.1) is 0 Å². The van der Waals surface area contributed by atoms with Crippen LogP contribution in [0.15, 0.2) is 0 Å². The van der Waals surface area contributed by atoms with Gasteiger partial charge < -0.3 is 90.5 Å². The molecule has 15 atom stereocenters. The first-order valence-corrected chi connectivity index (χ1v) is 14.4. The van der Waals surface area contributed by atoms with E-state index >= 15 is 0 Å². The molecule has 13 N–H and O–H groups in total. The van der Waals surface area contributed by atoms with Crippen LogP contribution in [0.25, 0.3) is 0 Å². The standard InChI is InChI=1S/C25H46N2O17/c26-4-2-1-3-13(31)27-5-6-39-24-21(18(36)15(33)11(8-29)41-24)44-25-22(19(37)16(34)12(9-30)42-25)43-23-20(38)17(35)14(32)10(7-28)40-23/h10-12,14-25,28-30,32-38H,1-9,26H2,(H,27,31)/t10-,11?,12?,14-,15-,16-,17?,18?,19?,20?,21?,22?,23+,24+,25-/m1/s1. The van der Waals surface area contributed by atoms with Crippen molar-refractivity contribution in [2.45, 2.75) is 111 Å². The van der Waals surface area contributed by atoms with Crippen LogP contribution in [-0.4, -0.2) is 189 Å². The minimum Gasteiger partial charge on any atom is -0.394 e. The van der Waals surface area contributed by atoms with Crippen molar-refractivity contribution >= 4 is 5.91 Å². The molecule has 0 aromatic carbocycles. The van der Waals surface area contributed by atoms with Crippen LogP contribution in [0.1, 0.15) is 19.3 Å². The number of aliphatic hydroxyl groups is 10. The van der Waals surface area contributed by atoms with E-state index in [-0.39, 0.29) is 25.5 Å². The van der Waals surface area contributed by atoms with E-state index in [2.05, 4.69) is 5.32 Å². The predicted octanol–water partition coefficient (Wildman–Crippen LogP) is -7.30. The van der Waals surface area contributed by atoms with Crippen LogP contribution in [0.5, 0.6) is 0 Å². The number of carbonyl (C=O) groups excluding carboxylic acids is 1. The number of rotatable bonds is 15. The van der Waals surface area contributed by atoms with E-state index < -0.39 is 112 Å². The molecule has 19 nitrogen and oxygen atoms in total. The molecule has 3 aliphatic rings. The summed E-state index contributed by atoms with van der Waals surface area (Å²) in [6.45, 7) is -2.03. The van der Waals surface area contributed by atoms with Crippen molar-refractivity contribution in [2.24, 2.45) is 5.73 Å². The Hall–Kier alpha value is -1.21. The molecule has 0 saturated carbocycles. The maximum absolute atomic E-state index is 12.0. The van der Waals surface area contributed by atoms with E-state index in [1.54, 1.807) is 0 Å². The van der Waals surface area contributed by atoms with Gasteiger partial charge in [0, 0.05) is 13.0 Å². The van der Waals surface area contributed by atoms with Crippen molar-refractivity contribution < 1.29 is 84.3 Å². The van der Waals surface area contributed by atoms with Crippen molar-refractivity contribution in [2.75, 3.05) is 39.5 Å². The van der Waals surface area contributed by atoms with Gasteiger partial charge in [-0.3, -0.25) is 4.79 Å². The van der Waals surface area contributed by atoms with Gasteiger partial charge >= 0.3 is 0 Å². The summed E-state index contributed by atoms with van der Waals surface area (Å²) in [6.07, 6.45) is -23.8.